The summed E-state index contributed by atoms with van der Waals surface area (Å²) in [6, 6.07) is 0. The number of aromatic hydroxyl groups is 1. The van der Waals surface area contributed by atoms with Gasteiger partial charge >= 0.3 is 0 Å². The third kappa shape index (κ3) is 3.11. The molecule has 0 radical (unpaired) electrons. The smallest absolute Gasteiger partial charge is 0.152 e. The maximum Gasteiger partial charge on any atom is 0.152 e. The zero-order chi connectivity index (χ0) is 15.0. The normalized spacial score (nSPS) is 24.9. The number of rotatable bonds is 4. The van der Waals surface area contributed by atoms with Crippen LogP contribution in [-0.2, 0) is 23.0 Å². The summed E-state index contributed by atoms with van der Waals surface area (Å²) in [6.45, 7) is 3.63. The van der Waals surface area contributed by atoms with Gasteiger partial charge in [-0.2, -0.15) is 0 Å². The summed E-state index contributed by atoms with van der Waals surface area (Å²) < 4.78 is 23.1. The molecular weight excluding hydrogens is 280 g/mol. The van der Waals surface area contributed by atoms with Gasteiger partial charge in [0.2, 0.25) is 0 Å². The summed E-state index contributed by atoms with van der Waals surface area (Å²) >= 11 is 0. The summed E-state index contributed by atoms with van der Waals surface area (Å²) in [7, 11) is -2.98. The van der Waals surface area contributed by atoms with Crippen molar-refractivity contribution < 1.29 is 18.6 Å². The van der Waals surface area contributed by atoms with E-state index in [9.17, 15) is 18.6 Å². The van der Waals surface area contributed by atoms with Crippen molar-refractivity contribution in [1.82, 2.24) is 10.3 Å². The molecule has 112 valence electrons. The molecule has 1 aromatic heterocycles. The second kappa shape index (κ2) is 5.31. The first kappa shape index (κ1) is 15.2. The first-order chi connectivity index (χ1) is 9.26. The van der Waals surface area contributed by atoms with E-state index in [0.717, 1.165) is 0 Å². The van der Waals surface area contributed by atoms with Gasteiger partial charge in [0.1, 0.15) is 5.75 Å². The van der Waals surface area contributed by atoms with Gasteiger partial charge in [0.25, 0.3) is 0 Å². The highest BCUT2D eigenvalue weighted by Crippen LogP contribution is 2.27. The molecule has 0 amide bonds. The highest BCUT2D eigenvalue weighted by atomic mass is 32.2. The van der Waals surface area contributed by atoms with E-state index >= 15 is 0 Å². The minimum Gasteiger partial charge on any atom is -0.506 e. The number of hydrogen-bond donors (Lipinski definition) is 3. The Hall–Kier alpha value is -1.18. The van der Waals surface area contributed by atoms with Gasteiger partial charge in [0.05, 0.1) is 23.8 Å². The lowest BCUT2D eigenvalue weighted by atomic mass is 10.0. The molecule has 0 aromatic carbocycles. The highest BCUT2D eigenvalue weighted by Gasteiger charge is 2.38. The van der Waals surface area contributed by atoms with Crippen LogP contribution < -0.4 is 5.32 Å². The molecule has 6 nitrogen and oxygen atoms in total. The number of hydrogen-bond acceptors (Lipinski definition) is 6. The molecule has 1 aliphatic heterocycles. The van der Waals surface area contributed by atoms with Crippen LogP contribution in [0.2, 0.25) is 0 Å². The molecule has 1 saturated heterocycles. The average molecular weight is 300 g/mol. The van der Waals surface area contributed by atoms with Crippen LogP contribution >= 0.6 is 0 Å². The number of aliphatic hydroxyl groups is 1. The lowest BCUT2D eigenvalue weighted by Gasteiger charge is -2.25. The molecule has 20 heavy (non-hydrogen) atoms. The summed E-state index contributed by atoms with van der Waals surface area (Å²) in [5.41, 5.74) is 1.12. The van der Waals surface area contributed by atoms with Gasteiger partial charge in [-0.25, -0.2) is 8.42 Å². The summed E-state index contributed by atoms with van der Waals surface area (Å²) in [4.78, 5) is 4.00. The third-order valence-corrected chi connectivity index (χ3v) is 5.70. The average Bonchev–Trinajstić information content (AvgIpc) is 2.66. The summed E-state index contributed by atoms with van der Waals surface area (Å²) in [5, 5.41) is 22.5. The Bertz CT molecular complexity index is 615. The lowest BCUT2D eigenvalue weighted by Crippen LogP contribution is -2.43. The minimum absolute atomic E-state index is 0.0495. The van der Waals surface area contributed by atoms with E-state index in [1.165, 1.54) is 6.20 Å². The fourth-order valence-corrected chi connectivity index (χ4v) is 4.59. The molecule has 1 unspecified atom stereocenters. The van der Waals surface area contributed by atoms with E-state index in [1.54, 1.807) is 6.92 Å². The van der Waals surface area contributed by atoms with Crippen molar-refractivity contribution >= 4 is 9.84 Å². The predicted molar refractivity (Wildman–Crippen MR) is 75.1 cm³/mol. The number of aliphatic hydroxyl groups excluding tert-OH is 1. The van der Waals surface area contributed by atoms with Crippen LogP contribution in [0.25, 0.3) is 0 Å². The minimum atomic E-state index is -2.98. The van der Waals surface area contributed by atoms with E-state index in [4.69, 9.17) is 0 Å². The Labute approximate surface area is 118 Å². The van der Waals surface area contributed by atoms with Gasteiger partial charge in [-0.05, 0) is 20.3 Å². The molecular formula is C13H20N2O4S. The molecule has 0 bridgehead atoms. The standard InChI is InChI=1S/C13H20N2O4S/c1-9-12(17)11(10(7-16)5-14-9)6-15-13(2)3-4-20(18,19)8-13/h5,15-17H,3-4,6-8H2,1-2H3. The topological polar surface area (TPSA) is 99.5 Å². The van der Waals surface area contributed by atoms with Crippen LogP contribution in [0.1, 0.15) is 30.2 Å². The molecule has 0 aliphatic carbocycles. The largest absolute Gasteiger partial charge is 0.506 e. The Morgan fingerprint density at radius 2 is 2.20 bits per heavy atom. The van der Waals surface area contributed by atoms with Gasteiger partial charge in [-0.3, -0.25) is 4.98 Å². The molecule has 1 atom stereocenters. The van der Waals surface area contributed by atoms with Crippen molar-refractivity contribution in [3.63, 3.8) is 0 Å². The Morgan fingerprint density at radius 3 is 2.75 bits per heavy atom. The van der Waals surface area contributed by atoms with E-state index in [2.05, 4.69) is 10.3 Å². The van der Waals surface area contributed by atoms with Crippen molar-refractivity contribution in [2.45, 2.75) is 39.0 Å². The van der Waals surface area contributed by atoms with Crippen LogP contribution in [0.5, 0.6) is 5.75 Å². The summed E-state index contributed by atoms with van der Waals surface area (Å²) in [6.07, 6.45) is 2.08. The van der Waals surface area contributed by atoms with Crippen molar-refractivity contribution in [1.29, 1.82) is 0 Å². The number of nitrogens with zero attached hydrogens (tertiary/aromatic N) is 1. The van der Waals surface area contributed by atoms with Crippen molar-refractivity contribution in [2.24, 2.45) is 0 Å². The fourth-order valence-electron chi connectivity index (χ4n) is 2.47. The monoisotopic (exact) mass is 300 g/mol. The maximum atomic E-state index is 11.6. The molecule has 2 heterocycles. The molecule has 7 heteroatoms. The van der Waals surface area contributed by atoms with Crippen LogP contribution in [0.3, 0.4) is 0 Å². The first-order valence-corrected chi connectivity index (χ1v) is 8.31. The Morgan fingerprint density at radius 1 is 1.50 bits per heavy atom. The zero-order valence-electron chi connectivity index (χ0n) is 11.7. The number of aryl methyl sites for hydroxylation is 1. The Balaban J connectivity index is 2.18. The van der Waals surface area contributed by atoms with E-state index in [1.807, 2.05) is 6.92 Å². The predicted octanol–water partition coefficient (Wildman–Crippen LogP) is 0.255. The van der Waals surface area contributed by atoms with Gasteiger partial charge in [0.15, 0.2) is 9.84 Å². The molecule has 0 spiro atoms. The van der Waals surface area contributed by atoms with Gasteiger partial charge in [-0.15, -0.1) is 0 Å². The van der Waals surface area contributed by atoms with Crippen LogP contribution in [-0.4, -0.2) is 40.7 Å². The molecule has 2 rings (SSSR count). The maximum absolute atomic E-state index is 11.6. The number of sulfone groups is 1. The van der Waals surface area contributed by atoms with E-state index in [-0.39, 0.29) is 23.9 Å². The van der Waals surface area contributed by atoms with Crippen LogP contribution in [0.4, 0.5) is 0 Å². The molecule has 1 fully saturated rings. The molecule has 1 aliphatic rings. The Kier molecular flexibility index (Phi) is 4.04. The highest BCUT2D eigenvalue weighted by molar-refractivity contribution is 7.91. The van der Waals surface area contributed by atoms with Crippen molar-refractivity contribution in [3.05, 3.63) is 23.0 Å². The van der Waals surface area contributed by atoms with Gasteiger partial charge in [0, 0.05) is 29.4 Å². The van der Waals surface area contributed by atoms with Crippen LogP contribution in [0, 0.1) is 6.92 Å². The number of aromatic nitrogens is 1. The third-order valence-electron chi connectivity index (χ3n) is 3.80. The number of pyridine rings is 1. The van der Waals surface area contributed by atoms with Crippen LogP contribution in [0.15, 0.2) is 6.20 Å². The van der Waals surface area contributed by atoms with Gasteiger partial charge in [-0.1, -0.05) is 0 Å². The molecule has 1 aromatic rings. The zero-order valence-corrected chi connectivity index (χ0v) is 12.5. The van der Waals surface area contributed by atoms with Gasteiger partial charge < -0.3 is 15.5 Å². The van der Waals surface area contributed by atoms with E-state index < -0.39 is 15.4 Å². The first-order valence-electron chi connectivity index (χ1n) is 6.49. The second-order valence-electron chi connectivity index (χ2n) is 5.61. The quantitative estimate of drug-likeness (QED) is 0.737. The summed E-state index contributed by atoms with van der Waals surface area (Å²) in [5.74, 6) is 0.331. The SMILES string of the molecule is Cc1ncc(CO)c(CNC2(C)CCS(=O)(=O)C2)c1O. The fraction of sp³-hybridized carbons (Fsp3) is 0.615. The second-order valence-corrected chi connectivity index (χ2v) is 7.79. The number of nitrogens with one attached hydrogen (secondary N) is 1. The van der Waals surface area contributed by atoms with E-state index in [0.29, 0.717) is 29.8 Å². The lowest BCUT2D eigenvalue weighted by molar-refractivity contribution is 0.277. The molecule has 3 N–H and O–H groups in total. The molecule has 0 saturated carbocycles. The van der Waals surface area contributed by atoms with Crippen molar-refractivity contribution in [2.75, 3.05) is 11.5 Å². The van der Waals surface area contributed by atoms with Crippen molar-refractivity contribution in [3.8, 4) is 5.75 Å².